The molecule has 0 aliphatic carbocycles. The Morgan fingerprint density at radius 3 is 2.94 bits per heavy atom. The first-order valence-corrected chi connectivity index (χ1v) is 5.63. The molecule has 1 saturated heterocycles. The maximum atomic E-state index is 11.6. The molecule has 1 aromatic rings. The Kier molecular flexibility index (Phi) is 3.82. The van der Waals surface area contributed by atoms with Crippen LogP contribution in [0.15, 0.2) is 18.6 Å². The topological polar surface area (TPSA) is 58.1 Å². The van der Waals surface area contributed by atoms with Gasteiger partial charge in [0.25, 0.3) is 5.91 Å². The first-order valence-electron chi connectivity index (χ1n) is 5.63. The molecule has 1 aliphatic heterocycles. The normalized spacial score (nSPS) is 16.2. The lowest BCUT2D eigenvalue weighted by molar-refractivity contribution is 0.0944. The van der Waals surface area contributed by atoms with Gasteiger partial charge < -0.3 is 10.2 Å². The van der Waals surface area contributed by atoms with Gasteiger partial charge in [-0.3, -0.25) is 4.79 Å². The third kappa shape index (κ3) is 3.00. The summed E-state index contributed by atoms with van der Waals surface area (Å²) in [4.78, 5) is 21.6. The van der Waals surface area contributed by atoms with Crippen molar-refractivity contribution in [2.24, 2.45) is 0 Å². The van der Waals surface area contributed by atoms with Gasteiger partial charge in [-0.15, -0.1) is 0 Å². The summed E-state index contributed by atoms with van der Waals surface area (Å²) in [6, 6.07) is 1.62. The zero-order valence-electron chi connectivity index (χ0n) is 9.22. The van der Waals surface area contributed by atoms with Crippen LogP contribution in [0.2, 0.25) is 0 Å². The van der Waals surface area contributed by atoms with Gasteiger partial charge in [-0.2, -0.15) is 0 Å². The summed E-state index contributed by atoms with van der Waals surface area (Å²) >= 11 is 0. The second-order valence-electron chi connectivity index (χ2n) is 3.90. The van der Waals surface area contributed by atoms with E-state index in [2.05, 4.69) is 20.2 Å². The highest BCUT2D eigenvalue weighted by atomic mass is 16.1. The first kappa shape index (κ1) is 11.0. The van der Waals surface area contributed by atoms with Gasteiger partial charge in [-0.1, -0.05) is 0 Å². The number of nitrogens with one attached hydrogen (secondary N) is 1. The molecule has 1 aliphatic rings. The number of nitrogens with zero attached hydrogens (tertiary/aromatic N) is 3. The van der Waals surface area contributed by atoms with Gasteiger partial charge in [-0.25, -0.2) is 9.97 Å². The number of amides is 1. The molecule has 0 spiro atoms. The van der Waals surface area contributed by atoms with E-state index in [9.17, 15) is 4.79 Å². The zero-order chi connectivity index (χ0) is 11.2. The van der Waals surface area contributed by atoms with E-state index in [1.165, 1.54) is 19.2 Å². The van der Waals surface area contributed by atoms with Gasteiger partial charge in [0, 0.05) is 19.3 Å². The van der Waals surface area contributed by atoms with Crippen molar-refractivity contribution in [3.63, 3.8) is 0 Å². The van der Waals surface area contributed by atoms with Crippen LogP contribution in [0.4, 0.5) is 0 Å². The standard InChI is InChI=1S/C11H16N4O/c16-11(10-3-4-12-9-14-10)13-5-8-15-6-1-2-7-15/h3-4,9H,1-2,5-8H2,(H,13,16). The number of carbonyl (C=O) groups is 1. The summed E-state index contributed by atoms with van der Waals surface area (Å²) in [7, 11) is 0. The van der Waals surface area contributed by atoms with Crippen LogP contribution in [-0.2, 0) is 0 Å². The fourth-order valence-corrected chi connectivity index (χ4v) is 1.85. The highest BCUT2D eigenvalue weighted by molar-refractivity contribution is 5.91. The molecule has 0 atom stereocenters. The third-order valence-electron chi connectivity index (χ3n) is 2.73. The molecule has 0 bridgehead atoms. The fraction of sp³-hybridized carbons (Fsp3) is 0.545. The second-order valence-corrected chi connectivity index (χ2v) is 3.90. The molecule has 0 aromatic carbocycles. The van der Waals surface area contributed by atoms with Crippen LogP contribution < -0.4 is 5.32 Å². The lowest BCUT2D eigenvalue weighted by atomic mass is 10.4. The predicted molar refractivity (Wildman–Crippen MR) is 60.0 cm³/mol. The van der Waals surface area contributed by atoms with E-state index in [-0.39, 0.29) is 5.91 Å². The molecule has 5 heteroatoms. The number of hydrogen-bond acceptors (Lipinski definition) is 4. The maximum Gasteiger partial charge on any atom is 0.270 e. The van der Waals surface area contributed by atoms with E-state index in [1.54, 1.807) is 12.3 Å². The SMILES string of the molecule is O=C(NCCN1CCCC1)c1ccncn1. The van der Waals surface area contributed by atoms with E-state index in [1.807, 2.05) is 0 Å². The summed E-state index contributed by atoms with van der Waals surface area (Å²) in [5.41, 5.74) is 0.427. The Balaban J connectivity index is 1.71. The average molecular weight is 220 g/mol. The predicted octanol–water partition coefficient (Wildman–Crippen LogP) is 0.302. The molecule has 86 valence electrons. The summed E-state index contributed by atoms with van der Waals surface area (Å²) in [6.45, 7) is 3.92. The van der Waals surface area contributed by atoms with Crippen molar-refractivity contribution in [3.05, 3.63) is 24.3 Å². The van der Waals surface area contributed by atoms with Crippen molar-refractivity contribution in [1.82, 2.24) is 20.2 Å². The van der Waals surface area contributed by atoms with Crippen LogP contribution in [0.25, 0.3) is 0 Å². The number of aromatic nitrogens is 2. The molecule has 0 saturated carbocycles. The quantitative estimate of drug-likeness (QED) is 0.793. The van der Waals surface area contributed by atoms with E-state index < -0.39 is 0 Å². The molecule has 5 nitrogen and oxygen atoms in total. The van der Waals surface area contributed by atoms with Crippen LogP contribution in [0.3, 0.4) is 0 Å². The van der Waals surface area contributed by atoms with Crippen molar-refractivity contribution in [1.29, 1.82) is 0 Å². The molecule has 1 fully saturated rings. The minimum absolute atomic E-state index is 0.124. The first-order chi connectivity index (χ1) is 7.86. The summed E-state index contributed by atoms with van der Waals surface area (Å²) in [5.74, 6) is -0.124. The van der Waals surface area contributed by atoms with Crippen molar-refractivity contribution in [2.45, 2.75) is 12.8 Å². The van der Waals surface area contributed by atoms with Crippen LogP contribution in [0, 0.1) is 0 Å². The van der Waals surface area contributed by atoms with E-state index in [0.29, 0.717) is 12.2 Å². The lowest BCUT2D eigenvalue weighted by Crippen LogP contribution is -2.33. The van der Waals surface area contributed by atoms with Crippen molar-refractivity contribution >= 4 is 5.91 Å². The molecule has 0 unspecified atom stereocenters. The number of rotatable bonds is 4. The second kappa shape index (κ2) is 5.55. The smallest absolute Gasteiger partial charge is 0.270 e. The number of hydrogen-bond donors (Lipinski definition) is 1. The molecular formula is C11H16N4O. The molecule has 16 heavy (non-hydrogen) atoms. The van der Waals surface area contributed by atoms with Gasteiger partial charge in [0.2, 0.25) is 0 Å². The highest BCUT2D eigenvalue weighted by Gasteiger charge is 2.11. The monoisotopic (exact) mass is 220 g/mol. The largest absolute Gasteiger partial charge is 0.349 e. The summed E-state index contributed by atoms with van der Waals surface area (Å²) in [5, 5.41) is 2.85. The minimum atomic E-state index is -0.124. The van der Waals surface area contributed by atoms with Crippen molar-refractivity contribution in [2.75, 3.05) is 26.2 Å². The molecule has 2 heterocycles. The molecule has 0 radical (unpaired) electrons. The van der Waals surface area contributed by atoms with E-state index >= 15 is 0 Å². The van der Waals surface area contributed by atoms with Crippen molar-refractivity contribution in [3.8, 4) is 0 Å². The Hall–Kier alpha value is -1.49. The zero-order valence-corrected chi connectivity index (χ0v) is 9.22. The van der Waals surface area contributed by atoms with Crippen LogP contribution in [-0.4, -0.2) is 47.0 Å². The van der Waals surface area contributed by atoms with Crippen LogP contribution in [0.5, 0.6) is 0 Å². The lowest BCUT2D eigenvalue weighted by Gasteiger charge is -2.14. The Morgan fingerprint density at radius 2 is 2.25 bits per heavy atom. The summed E-state index contributed by atoms with van der Waals surface area (Å²) < 4.78 is 0. The van der Waals surface area contributed by atoms with Crippen LogP contribution in [0.1, 0.15) is 23.3 Å². The fourth-order valence-electron chi connectivity index (χ4n) is 1.85. The Bertz CT molecular complexity index is 335. The van der Waals surface area contributed by atoms with Gasteiger partial charge >= 0.3 is 0 Å². The Labute approximate surface area is 94.9 Å². The minimum Gasteiger partial charge on any atom is -0.349 e. The summed E-state index contributed by atoms with van der Waals surface area (Å²) in [6.07, 6.45) is 5.51. The van der Waals surface area contributed by atoms with E-state index in [4.69, 9.17) is 0 Å². The van der Waals surface area contributed by atoms with Gasteiger partial charge in [0.15, 0.2) is 0 Å². The number of carbonyl (C=O) groups excluding carboxylic acids is 1. The highest BCUT2D eigenvalue weighted by Crippen LogP contribution is 2.05. The van der Waals surface area contributed by atoms with Gasteiger partial charge in [-0.05, 0) is 32.0 Å². The Morgan fingerprint density at radius 1 is 1.44 bits per heavy atom. The molecule has 1 amide bonds. The number of likely N-dealkylation sites (tertiary alicyclic amines) is 1. The van der Waals surface area contributed by atoms with Gasteiger partial charge in [0.05, 0.1) is 0 Å². The molecule has 1 N–H and O–H groups in total. The van der Waals surface area contributed by atoms with Gasteiger partial charge in [0.1, 0.15) is 12.0 Å². The molecular weight excluding hydrogens is 204 g/mol. The van der Waals surface area contributed by atoms with Crippen molar-refractivity contribution < 1.29 is 4.79 Å². The van der Waals surface area contributed by atoms with E-state index in [0.717, 1.165) is 19.6 Å². The molecule has 2 rings (SSSR count). The van der Waals surface area contributed by atoms with Crippen LogP contribution >= 0.6 is 0 Å². The maximum absolute atomic E-state index is 11.6. The average Bonchev–Trinajstić information content (AvgIpc) is 2.83. The molecule has 1 aromatic heterocycles. The third-order valence-corrected chi connectivity index (χ3v) is 2.73.